The number of hydrogen-bond donors (Lipinski definition) is 1. The monoisotopic (exact) mass is 434 g/mol. The number of anilines is 1. The maximum absolute atomic E-state index is 13.8. The van der Waals surface area contributed by atoms with Gasteiger partial charge in [0.15, 0.2) is 0 Å². The second-order valence-electron chi connectivity index (χ2n) is 8.06. The fourth-order valence-electron chi connectivity index (χ4n) is 4.23. The van der Waals surface area contributed by atoms with Gasteiger partial charge in [-0.25, -0.2) is 14.4 Å². The Balaban J connectivity index is 1.47. The van der Waals surface area contributed by atoms with Crippen LogP contribution in [0, 0.1) is 5.82 Å². The van der Waals surface area contributed by atoms with Crippen LogP contribution in [-0.2, 0) is 11.2 Å². The predicted molar refractivity (Wildman–Crippen MR) is 122 cm³/mol. The highest BCUT2D eigenvalue weighted by atomic mass is 19.1. The van der Waals surface area contributed by atoms with E-state index in [1.165, 1.54) is 12.1 Å². The topological polar surface area (TPSA) is 81.3 Å². The molecule has 0 spiro atoms. The summed E-state index contributed by atoms with van der Waals surface area (Å²) in [4.78, 5) is 23.5. The third-order valence-electron chi connectivity index (χ3n) is 5.92. The lowest BCUT2D eigenvalue weighted by atomic mass is 9.89. The van der Waals surface area contributed by atoms with Crippen molar-refractivity contribution < 1.29 is 13.9 Å². The summed E-state index contributed by atoms with van der Waals surface area (Å²) in [6, 6.07) is 14.2. The molecule has 1 unspecified atom stereocenters. The number of aryl methyl sites for hydroxylation is 1. The molecule has 166 valence electrons. The average Bonchev–Trinajstić information content (AvgIpc) is 2.83. The van der Waals surface area contributed by atoms with Crippen LogP contribution in [0.5, 0.6) is 5.75 Å². The smallest absolute Gasteiger partial charge is 0.222 e. The number of amides is 1. The van der Waals surface area contributed by atoms with Crippen molar-refractivity contribution in [2.75, 3.05) is 25.9 Å². The van der Waals surface area contributed by atoms with E-state index in [4.69, 9.17) is 10.5 Å². The third-order valence-corrected chi connectivity index (χ3v) is 5.92. The van der Waals surface area contributed by atoms with Crippen molar-refractivity contribution in [3.63, 3.8) is 0 Å². The number of benzene rings is 2. The van der Waals surface area contributed by atoms with Gasteiger partial charge < -0.3 is 15.4 Å². The largest absolute Gasteiger partial charge is 0.497 e. The van der Waals surface area contributed by atoms with Crippen molar-refractivity contribution >= 4 is 11.9 Å². The molecule has 0 saturated carbocycles. The lowest BCUT2D eigenvalue weighted by Crippen LogP contribution is -2.39. The molecule has 6 nitrogen and oxygen atoms in total. The summed E-state index contributed by atoms with van der Waals surface area (Å²) in [5, 5.41) is 0. The average molecular weight is 435 g/mol. The second-order valence-corrected chi connectivity index (χ2v) is 8.06. The molecule has 1 saturated heterocycles. The standard InChI is InChI=1S/C25H27FN4O2/c1-32-21-10-7-17(8-11-21)9-12-23(31)30-13-3-5-19(16-30)24-22(15-28-25(27)29-24)18-4-2-6-20(26)14-18/h2,4,6-8,10-11,14-15,19H,3,5,9,12-13,16H2,1H3,(H2,27,28,29). The Morgan fingerprint density at radius 1 is 1.25 bits per heavy atom. The van der Waals surface area contributed by atoms with Crippen LogP contribution in [0.1, 0.15) is 36.4 Å². The number of nitrogens with zero attached hydrogens (tertiary/aromatic N) is 3. The van der Waals surface area contributed by atoms with Crippen LogP contribution in [0.4, 0.5) is 10.3 Å². The van der Waals surface area contributed by atoms with Gasteiger partial charge in [0.05, 0.1) is 12.8 Å². The molecule has 1 fully saturated rings. The molecule has 7 heteroatoms. The molecule has 1 aliphatic rings. The maximum Gasteiger partial charge on any atom is 0.222 e. The minimum absolute atomic E-state index is 0.0252. The van der Waals surface area contributed by atoms with Gasteiger partial charge in [-0.2, -0.15) is 0 Å². The minimum atomic E-state index is -0.316. The van der Waals surface area contributed by atoms with E-state index < -0.39 is 0 Å². The van der Waals surface area contributed by atoms with Gasteiger partial charge in [0, 0.05) is 37.2 Å². The molecule has 2 heterocycles. The fourth-order valence-corrected chi connectivity index (χ4v) is 4.23. The van der Waals surface area contributed by atoms with E-state index in [1.807, 2.05) is 35.2 Å². The van der Waals surface area contributed by atoms with Crippen molar-refractivity contribution in [1.29, 1.82) is 0 Å². The van der Waals surface area contributed by atoms with Crippen molar-refractivity contribution in [2.45, 2.75) is 31.6 Å². The number of carbonyl (C=O) groups excluding carboxylic acids is 1. The van der Waals surface area contributed by atoms with Gasteiger partial charge in [-0.1, -0.05) is 24.3 Å². The van der Waals surface area contributed by atoms with Crippen LogP contribution in [-0.4, -0.2) is 41.0 Å². The number of ether oxygens (including phenoxy) is 1. The predicted octanol–water partition coefficient (Wildman–Crippen LogP) is 4.21. The molecule has 1 amide bonds. The van der Waals surface area contributed by atoms with Crippen LogP contribution in [0.15, 0.2) is 54.7 Å². The molecule has 0 radical (unpaired) electrons. The summed E-state index contributed by atoms with van der Waals surface area (Å²) in [6.45, 7) is 1.30. The number of rotatable bonds is 6. The first-order valence-electron chi connectivity index (χ1n) is 10.8. The van der Waals surface area contributed by atoms with E-state index >= 15 is 0 Å². The molecule has 0 bridgehead atoms. The Bertz CT molecular complexity index is 1090. The van der Waals surface area contributed by atoms with Gasteiger partial charge in [-0.05, 0) is 54.7 Å². The SMILES string of the molecule is COc1ccc(CCC(=O)N2CCCC(c3nc(N)ncc3-c3cccc(F)c3)C2)cc1. The molecule has 2 N–H and O–H groups in total. The summed E-state index contributed by atoms with van der Waals surface area (Å²) >= 11 is 0. The molecule has 1 atom stereocenters. The Morgan fingerprint density at radius 3 is 2.81 bits per heavy atom. The Kier molecular flexibility index (Phi) is 6.63. The molecule has 4 rings (SSSR count). The van der Waals surface area contributed by atoms with Crippen LogP contribution < -0.4 is 10.5 Å². The molecule has 2 aromatic carbocycles. The quantitative estimate of drug-likeness (QED) is 0.628. The van der Waals surface area contributed by atoms with Crippen LogP contribution >= 0.6 is 0 Å². The van der Waals surface area contributed by atoms with Gasteiger partial charge in [0.25, 0.3) is 0 Å². The van der Waals surface area contributed by atoms with Crippen LogP contribution in [0.3, 0.4) is 0 Å². The third kappa shape index (κ3) is 5.04. The summed E-state index contributed by atoms with van der Waals surface area (Å²) in [5.74, 6) is 0.821. The summed E-state index contributed by atoms with van der Waals surface area (Å²) < 4.78 is 19.0. The van der Waals surface area contributed by atoms with Gasteiger partial charge in [0.1, 0.15) is 11.6 Å². The van der Waals surface area contributed by atoms with E-state index in [0.29, 0.717) is 24.9 Å². The summed E-state index contributed by atoms with van der Waals surface area (Å²) in [5.41, 5.74) is 9.23. The summed E-state index contributed by atoms with van der Waals surface area (Å²) in [6.07, 6.45) is 4.55. The van der Waals surface area contributed by atoms with Crippen LogP contribution in [0.2, 0.25) is 0 Å². The number of halogens is 1. The van der Waals surface area contributed by atoms with E-state index in [1.54, 1.807) is 19.4 Å². The van der Waals surface area contributed by atoms with Crippen LogP contribution in [0.25, 0.3) is 11.1 Å². The molecule has 1 aromatic heterocycles. The first-order valence-corrected chi connectivity index (χ1v) is 10.8. The number of nitrogen functional groups attached to an aromatic ring is 1. The minimum Gasteiger partial charge on any atom is -0.497 e. The molecule has 1 aliphatic heterocycles. The Labute approximate surface area is 187 Å². The number of hydrogen-bond acceptors (Lipinski definition) is 5. The highest BCUT2D eigenvalue weighted by Gasteiger charge is 2.28. The number of methoxy groups -OCH3 is 1. The number of likely N-dealkylation sites (tertiary alicyclic amines) is 1. The Hall–Kier alpha value is -3.48. The van der Waals surface area contributed by atoms with Crippen molar-refractivity contribution in [3.05, 3.63) is 71.8 Å². The number of carbonyl (C=O) groups is 1. The normalized spacial score (nSPS) is 16.1. The first kappa shape index (κ1) is 21.7. The van der Waals surface area contributed by atoms with Gasteiger partial charge in [0.2, 0.25) is 11.9 Å². The zero-order valence-electron chi connectivity index (χ0n) is 18.1. The van der Waals surface area contributed by atoms with Gasteiger partial charge in [-0.15, -0.1) is 0 Å². The van der Waals surface area contributed by atoms with Gasteiger partial charge in [-0.3, -0.25) is 4.79 Å². The molecule has 32 heavy (non-hydrogen) atoms. The fraction of sp³-hybridized carbons (Fsp3) is 0.320. The number of aromatic nitrogens is 2. The molecular weight excluding hydrogens is 407 g/mol. The van der Waals surface area contributed by atoms with Crippen molar-refractivity contribution in [3.8, 4) is 16.9 Å². The van der Waals surface area contributed by atoms with E-state index in [-0.39, 0.29) is 23.6 Å². The lowest BCUT2D eigenvalue weighted by molar-refractivity contribution is -0.132. The van der Waals surface area contributed by atoms with Crippen molar-refractivity contribution in [1.82, 2.24) is 14.9 Å². The first-order chi connectivity index (χ1) is 15.5. The Morgan fingerprint density at radius 2 is 2.06 bits per heavy atom. The number of piperidine rings is 1. The van der Waals surface area contributed by atoms with E-state index in [0.717, 1.165) is 42.0 Å². The molecular formula is C25H27FN4O2. The lowest BCUT2D eigenvalue weighted by Gasteiger charge is -2.33. The highest BCUT2D eigenvalue weighted by molar-refractivity contribution is 5.77. The van der Waals surface area contributed by atoms with Gasteiger partial charge >= 0.3 is 0 Å². The number of nitrogens with two attached hydrogens (primary N) is 1. The zero-order valence-corrected chi connectivity index (χ0v) is 18.1. The van der Waals surface area contributed by atoms with Crippen molar-refractivity contribution in [2.24, 2.45) is 0 Å². The zero-order chi connectivity index (χ0) is 22.5. The van der Waals surface area contributed by atoms with E-state index in [9.17, 15) is 9.18 Å². The highest BCUT2D eigenvalue weighted by Crippen LogP contribution is 2.33. The maximum atomic E-state index is 13.8. The summed E-state index contributed by atoms with van der Waals surface area (Å²) in [7, 11) is 1.64. The molecule has 0 aliphatic carbocycles. The van der Waals surface area contributed by atoms with E-state index in [2.05, 4.69) is 9.97 Å². The second kappa shape index (κ2) is 9.77. The molecule has 3 aromatic rings.